The lowest BCUT2D eigenvalue weighted by molar-refractivity contribution is -0.0439. The number of aliphatic hydroxyl groups excluding tert-OH is 1. The standard InChI is InChI=1S/C14H21NO4/c1-14(2,3)18-13(17)19-15-12(10-16)9-11-7-5-4-6-8-11/h4-8,12,15-16H,9-10H2,1-3H3/t12-/m1/s1. The number of hydrogen-bond donors (Lipinski definition) is 2. The average molecular weight is 267 g/mol. The molecule has 0 fully saturated rings. The van der Waals surface area contributed by atoms with Crippen LogP contribution < -0.4 is 5.48 Å². The predicted octanol–water partition coefficient (Wildman–Crippen LogP) is 2.05. The quantitative estimate of drug-likeness (QED) is 0.631. The van der Waals surface area contributed by atoms with Crippen LogP contribution in [0, 0.1) is 0 Å². The molecular weight excluding hydrogens is 246 g/mol. The molecule has 0 radical (unpaired) electrons. The monoisotopic (exact) mass is 267 g/mol. The van der Waals surface area contributed by atoms with Crippen LogP contribution in [0.3, 0.4) is 0 Å². The number of benzene rings is 1. The molecule has 0 saturated heterocycles. The molecule has 0 aliphatic heterocycles. The zero-order valence-electron chi connectivity index (χ0n) is 11.6. The molecule has 19 heavy (non-hydrogen) atoms. The van der Waals surface area contributed by atoms with Crippen molar-refractivity contribution in [3.63, 3.8) is 0 Å². The number of aliphatic hydroxyl groups is 1. The third kappa shape index (κ3) is 6.79. The van der Waals surface area contributed by atoms with Crippen molar-refractivity contribution in [3.8, 4) is 0 Å². The molecule has 0 aromatic heterocycles. The van der Waals surface area contributed by atoms with E-state index in [0.717, 1.165) is 5.56 Å². The summed E-state index contributed by atoms with van der Waals surface area (Å²) in [6, 6.07) is 9.27. The van der Waals surface area contributed by atoms with Crippen LogP contribution >= 0.6 is 0 Å². The Morgan fingerprint density at radius 2 is 1.95 bits per heavy atom. The van der Waals surface area contributed by atoms with Crippen molar-refractivity contribution < 1.29 is 19.5 Å². The van der Waals surface area contributed by atoms with Crippen LogP contribution in [0.1, 0.15) is 26.3 Å². The third-order valence-electron chi connectivity index (χ3n) is 2.24. The summed E-state index contributed by atoms with van der Waals surface area (Å²) in [7, 11) is 0. The van der Waals surface area contributed by atoms with E-state index in [1.54, 1.807) is 20.8 Å². The maximum absolute atomic E-state index is 11.3. The molecule has 0 unspecified atom stereocenters. The first-order valence-electron chi connectivity index (χ1n) is 6.21. The highest BCUT2D eigenvalue weighted by Crippen LogP contribution is 2.08. The van der Waals surface area contributed by atoms with Gasteiger partial charge in [0.25, 0.3) is 0 Å². The summed E-state index contributed by atoms with van der Waals surface area (Å²) in [5.74, 6) is 0. The van der Waals surface area contributed by atoms with E-state index in [0.29, 0.717) is 6.42 Å². The van der Waals surface area contributed by atoms with Gasteiger partial charge in [-0.3, -0.25) is 0 Å². The molecule has 1 atom stereocenters. The summed E-state index contributed by atoms with van der Waals surface area (Å²) in [6.07, 6.45) is -0.251. The van der Waals surface area contributed by atoms with Gasteiger partial charge in [0.15, 0.2) is 0 Å². The zero-order valence-corrected chi connectivity index (χ0v) is 11.6. The van der Waals surface area contributed by atoms with Gasteiger partial charge in [-0.25, -0.2) is 4.79 Å². The largest absolute Gasteiger partial charge is 0.528 e. The van der Waals surface area contributed by atoms with Crippen LogP contribution in [0.25, 0.3) is 0 Å². The molecule has 0 bridgehead atoms. The first-order chi connectivity index (χ1) is 8.90. The number of hydrogen-bond acceptors (Lipinski definition) is 5. The topological polar surface area (TPSA) is 67.8 Å². The first kappa shape index (κ1) is 15.5. The van der Waals surface area contributed by atoms with Gasteiger partial charge < -0.3 is 14.7 Å². The Balaban J connectivity index is 2.39. The van der Waals surface area contributed by atoms with E-state index in [2.05, 4.69) is 5.48 Å². The minimum absolute atomic E-state index is 0.141. The lowest BCUT2D eigenvalue weighted by Crippen LogP contribution is -2.38. The van der Waals surface area contributed by atoms with Crippen molar-refractivity contribution in [1.29, 1.82) is 0 Å². The number of rotatable bonds is 5. The van der Waals surface area contributed by atoms with E-state index in [1.807, 2.05) is 30.3 Å². The van der Waals surface area contributed by atoms with Gasteiger partial charge in [-0.15, -0.1) is 5.48 Å². The second-order valence-corrected chi connectivity index (χ2v) is 5.25. The first-order valence-corrected chi connectivity index (χ1v) is 6.21. The Morgan fingerprint density at radius 1 is 1.32 bits per heavy atom. The van der Waals surface area contributed by atoms with Gasteiger partial charge in [-0.2, -0.15) is 0 Å². The van der Waals surface area contributed by atoms with Crippen LogP contribution in [0.5, 0.6) is 0 Å². The summed E-state index contributed by atoms with van der Waals surface area (Å²) in [6.45, 7) is 5.11. The van der Waals surface area contributed by atoms with Crippen LogP contribution in [0.2, 0.25) is 0 Å². The molecule has 5 heteroatoms. The molecule has 0 heterocycles. The molecule has 106 valence electrons. The molecule has 1 aromatic rings. The second-order valence-electron chi connectivity index (χ2n) is 5.25. The van der Waals surface area contributed by atoms with Crippen LogP contribution in [-0.4, -0.2) is 29.5 Å². The molecule has 1 rings (SSSR count). The fourth-order valence-corrected chi connectivity index (χ4v) is 1.44. The minimum Gasteiger partial charge on any atom is -0.427 e. The number of carbonyl (C=O) groups is 1. The van der Waals surface area contributed by atoms with Crippen molar-refractivity contribution in [1.82, 2.24) is 5.48 Å². The molecule has 0 aliphatic rings. The summed E-state index contributed by atoms with van der Waals surface area (Å²) in [5, 5.41) is 9.24. The Bertz CT molecular complexity index is 386. The number of ether oxygens (including phenoxy) is 1. The Hall–Kier alpha value is -1.59. The summed E-state index contributed by atoms with van der Waals surface area (Å²) < 4.78 is 4.98. The van der Waals surface area contributed by atoms with E-state index >= 15 is 0 Å². The Kier molecular flexibility index (Phi) is 5.79. The van der Waals surface area contributed by atoms with Gasteiger partial charge in [0.05, 0.1) is 12.6 Å². The van der Waals surface area contributed by atoms with Crippen molar-refractivity contribution in [2.45, 2.75) is 38.8 Å². The van der Waals surface area contributed by atoms with Crippen molar-refractivity contribution in [3.05, 3.63) is 35.9 Å². The molecule has 5 nitrogen and oxygen atoms in total. The third-order valence-corrected chi connectivity index (χ3v) is 2.24. The highest BCUT2D eigenvalue weighted by molar-refractivity contribution is 5.60. The molecular formula is C14H21NO4. The molecule has 0 saturated carbocycles. The molecule has 2 N–H and O–H groups in total. The van der Waals surface area contributed by atoms with E-state index in [1.165, 1.54) is 0 Å². The second kappa shape index (κ2) is 7.11. The molecule has 0 aliphatic carbocycles. The fourth-order valence-electron chi connectivity index (χ4n) is 1.44. The normalized spacial score (nSPS) is 12.8. The van der Waals surface area contributed by atoms with Crippen molar-refractivity contribution in [2.75, 3.05) is 6.61 Å². The maximum Gasteiger partial charge on any atom is 0.528 e. The molecule has 1 aromatic carbocycles. The van der Waals surface area contributed by atoms with Gasteiger partial charge >= 0.3 is 6.16 Å². The lowest BCUT2D eigenvalue weighted by atomic mass is 10.1. The van der Waals surface area contributed by atoms with E-state index < -0.39 is 11.8 Å². The van der Waals surface area contributed by atoms with Gasteiger partial charge in [0, 0.05) is 0 Å². The maximum atomic E-state index is 11.3. The minimum atomic E-state index is -0.806. The Labute approximate surface area is 113 Å². The van der Waals surface area contributed by atoms with Crippen molar-refractivity contribution in [2.24, 2.45) is 0 Å². The smallest absolute Gasteiger partial charge is 0.427 e. The highest BCUT2D eigenvalue weighted by atomic mass is 16.8. The summed E-state index contributed by atoms with van der Waals surface area (Å²) in [4.78, 5) is 16.1. The Morgan fingerprint density at radius 3 is 2.47 bits per heavy atom. The van der Waals surface area contributed by atoms with Crippen molar-refractivity contribution >= 4 is 6.16 Å². The molecule has 0 spiro atoms. The number of nitrogens with one attached hydrogen (secondary N) is 1. The SMILES string of the molecule is CC(C)(C)OC(=O)ON[C@@H](CO)Cc1ccccc1. The summed E-state index contributed by atoms with van der Waals surface area (Å²) >= 11 is 0. The fraction of sp³-hybridized carbons (Fsp3) is 0.500. The number of hydroxylamine groups is 1. The van der Waals surface area contributed by atoms with Gasteiger partial charge in [0.2, 0.25) is 0 Å². The predicted molar refractivity (Wildman–Crippen MR) is 71.5 cm³/mol. The number of carbonyl (C=O) groups excluding carboxylic acids is 1. The van der Waals surface area contributed by atoms with Crippen LogP contribution in [-0.2, 0) is 16.0 Å². The average Bonchev–Trinajstić information content (AvgIpc) is 2.33. The van der Waals surface area contributed by atoms with Crippen LogP contribution in [0.15, 0.2) is 30.3 Å². The van der Waals surface area contributed by atoms with Crippen LogP contribution in [0.4, 0.5) is 4.79 Å². The lowest BCUT2D eigenvalue weighted by Gasteiger charge is -2.20. The zero-order chi connectivity index (χ0) is 14.3. The van der Waals surface area contributed by atoms with E-state index in [-0.39, 0.29) is 12.6 Å². The van der Waals surface area contributed by atoms with Gasteiger partial charge in [-0.05, 0) is 32.8 Å². The van der Waals surface area contributed by atoms with Gasteiger partial charge in [0.1, 0.15) is 5.60 Å². The van der Waals surface area contributed by atoms with E-state index in [9.17, 15) is 9.90 Å². The van der Waals surface area contributed by atoms with E-state index in [4.69, 9.17) is 9.57 Å². The highest BCUT2D eigenvalue weighted by Gasteiger charge is 2.19. The molecule has 0 amide bonds. The van der Waals surface area contributed by atoms with Gasteiger partial charge in [-0.1, -0.05) is 30.3 Å². The summed E-state index contributed by atoms with van der Waals surface area (Å²) in [5.41, 5.74) is 2.95.